The molecule has 154 valence electrons. The zero-order chi connectivity index (χ0) is 21.5. The zero-order valence-electron chi connectivity index (χ0n) is 17.0. The van der Waals surface area contributed by atoms with Crippen LogP contribution in [0.1, 0.15) is 22.9 Å². The first-order valence-corrected chi connectivity index (χ1v) is 11.2. The Morgan fingerprint density at radius 2 is 1.50 bits per heavy atom. The van der Waals surface area contributed by atoms with E-state index in [0.717, 1.165) is 48.9 Å². The molecule has 0 saturated heterocycles. The number of furan rings is 1. The molecule has 1 aromatic heterocycles. The number of nitrogens with zero attached hydrogens (tertiary/aromatic N) is 2. The molecule has 1 aliphatic rings. The molecule has 0 bridgehead atoms. The molecule has 1 atom stereocenters. The summed E-state index contributed by atoms with van der Waals surface area (Å²) in [5, 5.41) is 5.68. The van der Waals surface area contributed by atoms with E-state index in [0.29, 0.717) is 5.84 Å². The number of benzene rings is 4. The summed E-state index contributed by atoms with van der Waals surface area (Å²) >= 11 is 3.60. The summed E-state index contributed by atoms with van der Waals surface area (Å²) in [4.78, 5) is 9.89. The van der Waals surface area contributed by atoms with Gasteiger partial charge in [-0.1, -0.05) is 88.7 Å². The first kappa shape index (κ1) is 19.0. The highest BCUT2D eigenvalue weighted by Crippen LogP contribution is 2.36. The number of aliphatic imine (C=N–C) groups is 2. The summed E-state index contributed by atoms with van der Waals surface area (Å²) in [7, 11) is 0. The standard InChI is InChI=1S/C27H18BrN3O/c28-19-14-15-22-21(16-19)24-20(12-7-13-23(24)32-22)27-30-25(17-8-3-1-4-9-17)29-26(31-27)18-10-5-2-6-11-18/h1-16,27H,(H,29,30,31). The van der Waals surface area contributed by atoms with E-state index in [-0.39, 0.29) is 6.17 Å². The molecule has 6 rings (SSSR count). The maximum absolute atomic E-state index is 6.13. The van der Waals surface area contributed by atoms with Crippen molar-refractivity contribution >= 4 is 49.5 Å². The van der Waals surface area contributed by atoms with Crippen molar-refractivity contribution in [3.63, 3.8) is 0 Å². The van der Waals surface area contributed by atoms with Gasteiger partial charge in [0.15, 0.2) is 5.84 Å². The summed E-state index contributed by atoms with van der Waals surface area (Å²) in [6.45, 7) is 0. The Morgan fingerprint density at radius 1 is 0.750 bits per heavy atom. The van der Waals surface area contributed by atoms with Crippen LogP contribution in [-0.2, 0) is 0 Å². The zero-order valence-corrected chi connectivity index (χ0v) is 18.6. The van der Waals surface area contributed by atoms with Gasteiger partial charge in [-0.25, -0.2) is 9.98 Å². The van der Waals surface area contributed by atoms with Gasteiger partial charge in [0, 0.05) is 31.9 Å². The van der Waals surface area contributed by atoms with Crippen molar-refractivity contribution in [3.8, 4) is 0 Å². The quantitative estimate of drug-likeness (QED) is 0.307. The smallest absolute Gasteiger partial charge is 0.159 e. The molecule has 0 fully saturated rings. The normalized spacial score (nSPS) is 16.0. The van der Waals surface area contributed by atoms with Crippen LogP contribution >= 0.6 is 15.9 Å². The number of halogens is 1. The molecule has 0 amide bonds. The topological polar surface area (TPSA) is 49.9 Å². The molecular weight excluding hydrogens is 462 g/mol. The van der Waals surface area contributed by atoms with Crippen LogP contribution in [0.2, 0.25) is 0 Å². The van der Waals surface area contributed by atoms with Crippen molar-refractivity contribution in [1.29, 1.82) is 0 Å². The van der Waals surface area contributed by atoms with E-state index < -0.39 is 0 Å². The van der Waals surface area contributed by atoms with Gasteiger partial charge in [0.05, 0.1) is 0 Å². The van der Waals surface area contributed by atoms with E-state index in [9.17, 15) is 0 Å². The third-order valence-corrected chi connectivity index (χ3v) is 6.10. The molecule has 5 aromatic rings. The molecule has 1 aliphatic heterocycles. The van der Waals surface area contributed by atoms with Crippen molar-refractivity contribution < 1.29 is 4.42 Å². The fraction of sp³-hybridized carbons (Fsp3) is 0.0370. The van der Waals surface area contributed by atoms with Crippen LogP contribution in [0.15, 0.2) is 116 Å². The van der Waals surface area contributed by atoms with Crippen molar-refractivity contribution in [2.75, 3.05) is 0 Å². The molecule has 0 spiro atoms. The van der Waals surface area contributed by atoms with Gasteiger partial charge in [0.2, 0.25) is 0 Å². The Labute approximate surface area is 193 Å². The first-order chi connectivity index (χ1) is 15.8. The van der Waals surface area contributed by atoms with Gasteiger partial charge < -0.3 is 9.73 Å². The van der Waals surface area contributed by atoms with Crippen LogP contribution in [0.25, 0.3) is 21.9 Å². The van der Waals surface area contributed by atoms with Crippen molar-refractivity contribution in [1.82, 2.24) is 5.32 Å². The van der Waals surface area contributed by atoms with E-state index >= 15 is 0 Å². The van der Waals surface area contributed by atoms with Gasteiger partial charge >= 0.3 is 0 Å². The average Bonchev–Trinajstić information content (AvgIpc) is 3.23. The molecule has 1 N–H and O–H groups in total. The fourth-order valence-electron chi connectivity index (χ4n) is 4.12. The lowest BCUT2D eigenvalue weighted by Crippen LogP contribution is -2.33. The van der Waals surface area contributed by atoms with E-state index in [4.69, 9.17) is 14.4 Å². The Kier molecular flexibility index (Phi) is 4.62. The summed E-state index contributed by atoms with van der Waals surface area (Å²) in [5.74, 6) is 1.51. The molecule has 4 nitrogen and oxygen atoms in total. The second kappa shape index (κ2) is 7.77. The third-order valence-electron chi connectivity index (χ3n) is 5.61. The molecule has 0 aliphatic carbocycles. The molecular formula is C27H18BrN3O. The third kappa shape index (κ3) is 3.31. The highest BCUT2D eigenvalue weighted by Gasteiger charge is 2.24. The predicted molar refractivity (Wildman–Crippen MR) is 133 cm³/mol. The summed E-state index contributed by atoms with van der Waals surface area (Å²) in [6.07, 6.45) is -0.304. The van der Waals surface area contributed by atoms with Crippen LogP contribution in [0.4, 0.5) is 0 Å². The average molecular weight is 480 g/mol. The molecule has 0 saturated carbocycles. The highest BCUT2D eigenvalue weighted by atomic mass is 79.9. The number of nitrogens with one attached hydrogen (secondary N) is 1. The molecule has 4 aromatic carbocycles. The monoisotopic (exact) mass is 479 g/mol. The van der Waals surface area contributed by atoms with Crippen LogP contribution in [0.5, 0.6) is 0 Å². The van der Waals surface area contributed by atoms with Crippen LogP contribution in [0.3, 0.4) is 0 Å². The highest BCUT2D eigenvalue weighted by molar-refractivity contribution is 9.10. The fourth-order valence-corrected chi connectivity index (χ4v) is 4.48. The predicted octanol–water partition coefficient (Wildman–Crippen LogP) is 6.84. The summed E-state index contributed by atoms with van der Waals surface area (Å²) in [5.41, 5.74) is 4.76. The Hall–Kier alpha value is -3.70. The van der Waals surface area contributed by atoms with Gasteiger partial charge in [0.1, 0.15) is 23.2 Å². The van der Waals surface area contributed by atoms with Gasteiger partial charge in [-0.2, -0.15) is 0 Å². The molecule has 0 radical (unpaired) electrons. The molecule has 32 heavy (non-hydrogen) atoms. The minimum absolute atomic E-state index is 0.304. The number of hydrogen-bond donors (Lipinski definition) is 1. The van der Waals surface area contributed by atoms with E-state index in [1.807, 2.05) is 72.8 Å². The lowest BCUT2D eigenvalue weighted by atomic mass is 10.0. The minimum atomic E-state index is -0.304. The van der Waals surface area contributed by atoms with Gasteiger partial charge in [-0.3, -0.25) is 0 Å². The van der Waals surface area contributed by atoms with E-state index in [1.165, 1.54) is 0 Å². The first-order valence-electron chi connectivity index (χ1n) is 10.4. The Morgan fingerprint density at radius 3 is 2.28 bits per heavy atom. The second-order valence-corrected chi connectivity index (χ2v) is 8.57. The van der Waals surface area contributed by atoms with Crippen LogP contribution < -0.4 is 5.32 Å². The second-order valence-electron chi connectivity index (χ2n) is 7.65. The van der Waals surface area contributed by atoms with Crippen LogP contribution in [-0.4, -0.2) is 11.7 Å². The number of hydrogen-bond acceptors (Lipinski definition) is 4. The maximum atomic E-state index is 6.13. The van der Waals surface area contributed by atoms with E-state index in [1.54, 1.807) is 0 Å². The number of amidine groups is 2. The SMILES string of the molecule is Brc1ccc2oc3cccc(C4N=C(c5ccccc5)N=C(c5ccccc5)N4)c3c2c1. The van der Waals surface area contributed by atoms with Crippen molar-refractivity contribution in [3.05, 3.63) is 118 Å². The number of rotatable bonds is 3. The molecule has 2 heterocycles. The minimum Gasteiger partial charge on any atom is -0.456 e. The summed E-state index contributed by atoms with van der Waals surface area (Å²) in [6, 6.07) is 32.5. The lowest BCUT2D eigenvalue weighted by Gasteiger charge is -2.24. The van der Waals surface area contributed by atoms with Gasteiger partial charge in [-0.05, 0) is 24.3 Å². The van der Waals surface area contributed by atoms with Crippen molar-refractivity contribution in [2.45, 2.75) is 6.17 Å². The molecule has 5 heteroatoms. The maximum Gasteiger partial charge on any atom is 0.159 e. The van der Waals surface area contributed by atoms with Gasteiger partial charge in [0.25, 0.3) is 0 Å². The van der Waals surface area contributed by atoms with E-state index in [2.05, 4.69) is 45.5 Å². The number of fused-ring (bicyclic) bond motifs is 3. The molecule has 1 unspecified atom stereocenters. The van der Waals surface area contributed by atoms with Crippen LogP contribution in [0, 0.1) is 0 Å². The lowest BCUT2D eigenvalue weighted by molar-refractivity contribution is 0.662. The Balaban J connectivity index is 1.56. The summed E-state index contributed by atoms with van der Waals surface area (Å²) < 4.78 is 7.15. The van der Waals surface area contributed by atoms with Crippen molar-refractivity contribution in [2.24, 2.45) is 9.98 Å². The largest absolute Gasteiger partial charge is 0.456 e. The Bertz CT molecular complexity index is 1500. The van der Waals surface area contributed by atoms with Gasteiger partial charge in [-0.15, -0.1) is 0 Å².